The molecule has 0 radical (unpaired) electrons. The molecule has 4 aliphatic heterocycles. The third kappa shape index (κ3) is 7.74. The van der Waals surface area contributed by atoms with Crippen molar-refractivity contribution in [3.8, 4) is 0 Å². The number of nitrogens with one attached hydrogen (secondary N) is 2. The van der Waals surface area contributed by atoms with Gasteiger partial charge in [0.1, 0.15) is 0 Å². The monoisotopic (exact) mass is 775 g/mol. The van der Waals surface area contributed by atoms with Crippen molar-refractivity contribution in [3.63, 3.8) is 0 Å². The molecule has 54 heavy (non-hydrogen) atoms. The number of carbonyl (C=O) groups is 2. The van der Waals surface area contributed by atoms with Gasteiger partial charge in [-0.2, -0.15) is 9.40 Å². The summed E-state index contributed by atoms with van der Waals surface area (Å²) >= 11 is 5.89. The summed E-state index contributed by atoms with van der Waals surface area (Å²) in [5, 5.41) is 11.6. The first-order valence-corrected chi connectivity index (χ1v) is 20.7. The quantitative estimate of drug-likeness (QED) is 0.251. The van der Waals surface area contributed by atoms with Crippen molar-refractivity contribution in [2.24, 2.45) is 13.0 Å². The molecule has 2 N–H and O–H groups in total. The lowest BCUT2D eigenvalue weighted by Crippen LogP contribution is -2.49. The zero-order valence-corrected chi connectivity index (χ0v) is 32.0. The van der Waals surface area contributed by atoms with Gasteiger partial charge in [-0.25, -0.2) is 23.2 Å². The number of benzene rings is 1. The van der Waals surface area contributed by atoms with E-state index < -0.39 is 16.1 Å². The number of fused-ring (bicyclic) bond motifs is 1. The lowest BCUT2D eigenvalue weighted by atomic mass is 9.90. The van der Waals surface area contributed by atoms with E-state index in [2.05, 4.69) is 41.6 Å². The Morgan fingerprint density at radius 2 is 1.63 bits per heavy atom. The standard InChI is InChI=1S/C37H46ClN11O4S/c1-45-33-20-32(39-23-31(33)35(44-45)49-18-11-34(50)43-37(49)51)26-7-12-46(13-8-26)24-25-5-14-47(15-6-25)29-3-2-4-30(19-29)54(52,53)48-16-9-28(10-17-48)42-36-40-21-27(38)22-41-36/h2-4,19-23,25-26,28H,5-18,24H2,1H3,(H,40,41,42)(H,43,50,51). The first kappa shape index (κ1) is 36.6. The Hall–Kier alpha value is -4.38. The SMILES string of the molecule is Cn1nc(N2CCC(=O)NC2=O)c2cnc(C3CCN(CC4CCN(c5cccc(S(=O)(=O)N6CCC(Nc7ncc(Cl)cn7)CC6)c5)CC4)CC3)cc21. The van der Waals surface area contributed by atoms with E-state index in [-0.39, 0.29) is 18.4 Å². The average Bonchev–Trinajstić information content (AvgIpc) is 3.51. The normalized spacial score (nSPS) is 20.5. The van der Waals surface area contributed by atoms with Crippen molar-refractivity contribution in [2.75, 3.05) is 67.5 Å². The fraction of sp³-hybridized carbons (Fsp3) is 0.514. The van der Waals surface area contributed by atoms with Gasteiger partial charge in [-0.3, -0.25) is 24.7 Å². The van der Waals surface area contributed by atoms with Crippen molar-refractivity contribution in [1.29, 1.82) is 0 Å². The molecule has 0 aliphatic carbocycles. The second-order valence-corrected chi connectivity index (χ2v) is 17.3. The van der Waals surface area contributed by atoms with Crippen LogP contribution >= 0.6 is 11.6 Å². The molecule has 4 aromatic rings. The van der Waals surface area contributed by atoms with E-state index in [1.54, 1.807) is 27.4 Å². The summed E-state index contributed by atoms with van der Waals surface area (Å²) in [4.78, 5) is 44.1. The number of amides is 3. The Bertz CT molecular complexity index is 2110. The van der Waals surface area contributed by atoms with Gasteiger partial charge in [-0.1, -0.05) is 17.7 Å². The number of nitrogens with zero attached hydrogens (tertiary/aromatic N) is 9. The van der Waals surface area contributed by atoms with Crippen molar-refractivity contribution >= 4 is 61.9 Å². The molecule has 7 heterocycles. The third-order valence-electron chi connectivity index (χ3n) is 11.4. The molecule has 0 bridgehead atoms. The van der Waals surface area contributed by atoms with Gasteiger partial charge in [0, 0.05) is 82.3 Å². The van der Waals surface area contributed by atoms with Crippen LogP contribution in [0.2, 0.25) is 5.02 Å². The molecular formula is C37H46ClN11O4S. The number of hydrogen-bond acceptors (Lipinski definition) is 11. The molecule has 4 fully saturated rings. The van der Waals surface area contributed by atoms with E-state index in [1.165, 1.54) is 4.90 Å². The summed E-state index contributed by atoms with van der Waals surface area (Å²) in [5.41, 5.74) is 2.95. The van der Waals surface area contributed by atoms with Gasteiger partial charge in [-0.15, -0.1) is 0 Å². The Morgan fingerprint density at radius 1 is 0.889 bits per heavy atom. The number of carbonyl (C=O) groups excluding carboxylic acids is 2. The Balaban J connectivity index is 0.808. The van der Waals surface area contributed by atoms with Crippen molar-refractivity contribution in [1.82, 2.24) is 39.3 Å². The van der Waals surface area contributed by atoms with Crippen LogP contribution in [0.4, 0.5) is 22.2 Å². The first-order chi connectivity index (χ1) is 26.1. The number of hydrogen-bond donors (Lipinski definition) is 2. The van der Waals surface area contributed by atoms with Crippen molar-refractivity contribution < 1.29 is 18.0 Å². The van der Waals surface area contributed by atoms with Crippen LogP contribution in [-0.4, -0.2) is 113 Å². The summed E-state index contributed by atoms with van der Waals surface area (Å²) in [6, 6.07) is 9.20. The highest BCUT2D eigenvalue weighted by Crippen LogP contribution is 2.34. The van der Waals surface area contributed by atoms with E-state index in [9.17, 15) is 18.0 Å². The molecule has 4 saturated heterocycles. The largest absolute Gasteiger partial charge is 0.371 e. The van der Waals surface area contributed by atoms with E-state index in [4.69, 9.17) is 16.6 Å². The van der Waals surface area contributed by atoms with Gasteiger partial charge in [0.25, 0.3) is 0 Å². The molecule has 0 unspecified atom stereocenters. The molecule has 1 aromatic carbocycles. The minimum Gasteiger partial charge on any atom is -0.371 e. The van der Waals surface area contributed by atoms with Gasteiger partial charge in [0.2, 0.25) is 21.9 Å². The van der Waals surface area contributed by atoms with E-state index in [1.807, 2.05) is 31.4 Å². The van der Waals surface area contributed by atoms with Crippen LogP contribution < -0.4 is 20.4 Å². The average molecular weight is 776 g/mol. The highest BCUT2D eigenvalue weighted by molar-refractivity contribution is 7.89. The molecule has 17 heteroatoms. The Kier molecular flexibility index (Phi) is 10.4. The van der Waals surface area contributed by atoms with Crippen LogP contribution in [0.5, 0.6) is 0 Å². The number of halogens is 1. The zero-order valence-electron chi connectivity index (χ0n) is 30.4. The summed E-state index contributed by atoms with van der Waals surface area (Å²) < 4.78 is 30.7. The number of sulfonamides is 1. The van der Waals surface area contributed by atoms with E-state index in [0.29, 0.717) is 66.0 Å². The van der Waals surface area contributed by atoms with Gasteiger partial charge in [0.15, 0.2) is 5.82 Å². The predicted octanol–water partition coefficient (Wildman–Crippen LogP) is 4.22. The molecule has 0 atom stereocenters. The fourth-order valence-electron chi connectivity index (χ4n) is 8.29. The predicted molar refractivity (Wildman–Crippen MR) is 206 cm³/mol. The number of piperidine rings is 3. The van der Waals surface area contributed by atoms with Crippen LogP contribution in [0.25, 0.3) is 10.9 Å². The minimum absolute atomic E-state index is 0.0956. The molecule has 0 saturated carbocycles. The van der Waals surface area contributed by atoms with E-state index in [0.717, 1.165) is 80.7 Å². The molecule has 0 spiro atoms. The number of anilines is 3. The maximum atomic E-state index is 13.7. The number of rotatable bonds is 9. The van der Waals surface area contributed by atoms with Crippen LogP contribution in [0.15, 0.2) is 53.8 Å². The van der Waals surface area contributed by atoms with E-state index >= 15 is 0 Å². The third-order valence-corrected chi connectivity index (χ3v) is 13.5. The van der Waals surface area contributed by atoms with Crippen LogP contribution in [0, 0.1) is 5.92 Å². The maximum absolute atomic E-state index is 13.7. The topological polar surface area (TPSA) is 162 Å². The Labute approximate surface area is 320 Å². The summed E-state index contributed by atoms with van der Waals surface area (Å²) in [5.74, 6) is 1.72. The number of aromatic nitrogens is 5. The molecule has 8 rings (SSSR count). The van der Waals surface area contributed by atoms with Crippen LogP contribution in [0.3, 0.4) is 0 Å². The first-order valence-electron chi connectivity index (χ1n) is 18.9. The summed E-state index contributed by atoms with van der Waals surface area (Å²) in [6.07, 6.45) is 10.7. The second kappa shape index (κ2) is 15.4. The van der Waals surface area contributed by atoms with Gasteiger partial charge < -0.3 is 15.1 Å². The summed E-state index contributed by atoms with van der Waals surface area (Å²) in [6.45, 7) is 6.08. The lowest BCUT2D eigenvalue weighted by Gasteiger charge is -2.38. The van der Waals surface area contributed by atoms with Crippen molar-refractivity contribution in [3.05, 3.63) is 59.6 Å². The fourth-order valence-corrected chi connectivity index (χ4v) is 9.90. The summed E-state index contributed by atoms with van der Waals surface area (Å²) in [7, 11) is -1.74. The van der Waals surface area contributed by atoms with Crippen LogP contribution in [0.1, 0.15) is 56.6 Å². The van der Waals surface area contributed by atoms with Crippen molar-refractivity contribution in [2.45, 2.75) is 61.8 Å². The highest BCUT2D eigenvalue weighted by atomic mass is 35.5. The number of pyridine rings is 1. The van der Waals surface area contributed by atoms with Gasteiger partial charge >= 0.3 is 6.03 Å². The molecule has 3 aromatic heterocycles. The maximum Gasteiger partial charge on any atom is 0.329 e. The molecule has 15 nitrogen and oxygen atoms in total. The minimum atomic E-state index is -3.61. The zero-order chi connectivity index (χ0) is 37.4. The highest BCUT2D eigenvalue weighted by Gasteiger charge is 2.32. The number of imide groups is 1. The van der Waals surface area contributed by atoms with Crippen LogP contribution in [-0.2, 0) is 21.9 Å². The van der Waals surface area contributed by atoms with Gasteiger partial charge in [0.05, 0.1) is 33.2 Å². The van der Waals surface area contributed by atoms with Gasteiger partial charge in [-0.05, 0) is 81.8 Å². The molecule has 4 aliphatic rings. The molecular weight excluding hydrogens is 730 g/mol. The molecule has 286 valence electrons. The molecule has 3 amide bonds. The lowest BCUT2D eigenvalue weighted by molar-refractivity contribution is -0.120. The number of aryl methyl sites for hydroxylation is 1. The number of urea groups is 1. The Morgan fingerprint density at radius 3 is 2.35 bits per heavy atom. The second-order valence-electron chi connectivity index (χ2n) is 14.9. The smallest absolute Gasteiger partial charge is 0.329 e. The number of likely N-dealkylation sites (tertiary alicyclic amines) is 1.